The molecule has 2 aliphatic rings. The van der Waals surface area contributed by atoms with Crippen molar-refractivity contribution in [3.05, 3.63) is 29.8 Å². The van der Waals surface area contributed by atoms with E-state index >= 15 is 0 Å². The number of anilines is 1. The van der Waals surface area contributed by atoms with Crippen LogP contribution in [0.5, 0.6) is 0 Å². The van der Waals surface area contributed by atoms with Gasteiger partial charge in [-0.25, -0.2) is 0 Å². The Morgan fingerprint density at radius 2 is 1.95 bits per heavy atom. The molecular formula is C18H27N3O. The second-order valence-electron chi connectivity index (χ2n) is 6.68. The summed E-state index contributed by atoms with van der Waals surface area (Å²) in [6, 6.07) is 9.39. The summed E-state index contributed by atoms with van der Waals surface area (Å²) < 4.78 is 0. The van der Waals surface area contributed by atoms with E-state index in [0.29, 0.717) is 12.5 Å². The highest BCUT2D eigenvalue weighted by Crippen LogP contribution is 2.30. The predicted octanol–water partition coefficient (Wildman–Crippen LogP) is 2.17. The van der Waals surface area contributed by atoms with Gasteiger partial charge in [-0.2, -0.15) is 0 Å². The van der Waals surface area contributed by atoms with Crippen LogP contribution in [0.1, 0.15) is 38.2 Å². The molecule has 3 rings (SSSR count). The third-order valence-corrected chi connectivity index (χ3v) is 5.12. The monoisotopic (exact) mass is 301 g/mol. The zero-order chi connectivity index (χ0) is 15.5. The molecule has 1 amide bonds. The van der Waals surface area contributed by atoms with Gasteiger partial charge in [0.25, 0.3) is 0 Å². The van der Waals surface area contributed by atoms with Gasteiger partial charge in [-0.3, -0.25) is 4.79 Å². The summed E-state index contributed by atoms with van der Waals surface area (Å²) in [5.74, 6) is 0.280. The lowest BCUT2D eigenvalue weighted by molar-refractivity contribution is -0.132. The SMILES string of the molecule is CC1CCc2ccccc2N1CCC(=O)N1CCC(N)CC1. The van der Waals surface area contributed by atoms with Crippen molar-refractivity contribution >= 4 is 11.6 Å². The van der Waals surface area contributed by atoms with Crippen molar-refractivity contribution in [1.29, 1.82) is 0 Å². The Labute approximate surface area is 133 Å². The number of carbonyl (C=O) groups is 1. The zero-order valence-corrected chi connectivity index (χ0v) is 13.5. The summed E-state index contributed by atoms with van der Waals surface area (Å²) >= 11 is 0. The van der Waals surface area contributed by atoms with Gasteiger partial charge >= 0.3 is 0 Å². The maximum Gasteiger partial charge on any atom is 0.224 e. The minimum absolute atomic E-state index is 0.276. The van der Waals surface area contributed by atoms with Crippen LogP contribution in [-0.4, -0.2) is 42.5 Å². The maximum atomic E-state index is 12.4. The van der Waals surface area contributed by atoms with Crippen LogP contribution in [0.15, 0.2) is 24.3 Å². The van der Waals surface area contributed by atoms with Gasteiger partial charge in [0, 0.05) is 43.8 Å². The highest BCUT2D eigenvalue weighted by atomic mass is 16.2. The van der Waals surface area contributed by atoms with E-state index < -0.39 is 0 Å². The van der Waals surface area contributed by atoms with Crippen LogP contribution in [0.2, 0.25) is 0 Å². The second-order valence-corrected chi connectivity index (χ2v) is 6.68. The van der Waals surface area contributed by atoms with E-state index in [2.05, 4.69) is 36.1 Å². The van der Waals surface area contributed by atoms with Gasteiger partial charge in [-0.1, -0.05) is 18.2 Å². The number of rotatable bonds is 3. The van der Waals surface area contributed by atoms with E-state index in [1.54, 1.807) is 0 Å². The Morgan fingerprint density at radius 1 is 1.23 bits per heavy atom. The van der Waals surface area contributed by atoms with Crippen molar-refractivity contribution in [2.75, 3.05) is 24.5 Å². The van der Waals surface area contributed by atoms with Crippen molar-refractivity contribution in [2.45, 2.75) is 51.1 Å². The molecule has 1 unspecified atom stereocenters. The minimum atomic E-state index is 0.276. The molecule has 22 heavy (non-hydrogen) atoms. The van der Waals surface area contributed by atoms with Gasteiger partial charge in [-0.15, -0.1) is 0 Å². The largest absolute Gasteiger partial charge is 0.368 e. The van der Waals surface area contributed by atoms with E-state index in [9.17, 15) is 4.79 Å². The van der Waals surface area contributed by atoms with E-state index in [1.165, 1.54) is 17.7 Å². The first-order chi connectivity index (χ1) is 10.6. The molecule has 1 aromatic rings. The molecule has 0 radical (unpaired) electrons. The van der Waals surface area contributed by atoms with Gasteiger partial charge in [-0.05, 0) is 44.2 Å². The second kappa shape index (κ2) is 6.69. The zero-order valence-electron chi connectivity index (χ0n) is 13.5. The van der Waals surface area contributed by atoms with Gasteiger partial charge < -0.3 is 15.5 Å². The van der Waals surface area contributed by atoms with E-state index in [-0.39, 0.29) is 11.9 Å². The van der Waals surface area contributed by atoms with Crippen LogP contribution >= 0.6 is 0 Å². The predicted molar refractivity (Wildman–Crippen MR) is 90.0 cm³/mol. The van der Waals surface area contributed by atoms with Crippen LogP contribution in [0.25, 0.3) is 0 Å². The molecule has 0 aliphatic carbocycles. The number of hydrogen-bond acceptors (Lipinski definition) is 3. The van der Waals surface area contributed by atoms with E-state index in [4.69, 9.17) is 5.73 Å². The summed E-state index contributed by atoms with van der Waals surface area (Å²) in [6.07, 6.45) is 4.80. The van der Waals surface area contributed by atoms with Crippen LogP contribution < -0.4 is 10.6 Å². The lowest BCUT2D eigenvalue weighted by atomic mass is 9.96. The molecule has 2 N–H and O–H groups in total. The molecule has 1 atom stereocenters. The number of nitrogens with zero attached hydrogens (tertiary/aromatic N) is 2. The fourth-order valence-corrected chi connectivity index (χ4v) is 3.62. The number of para-hydroxylation sites is 1. The number of amides is 1. The van der Waals surface area contributed by atoms with Crippen molar-refractivity contribution in [3.8, 4) is 0 Å². The molecule has 0 spiro atoms. The van der Waals surface area contributed by atoms with E-state index in [0.717, 1.165) is 38.9 Å². The fourth-order valence-electron chi connectivity index (χ4n) is 3.62. The summed E-state index contributed by atoms with van der Waals surface area (Å²) in [6.45, 7) is 4.73. The first-order valence-electron chi connectivity index (χ1n) is 8.53. The number of likely N-dealkylation sites (tertiary alicyclic amines) is 1. The quantitative estimate of drug-likeness (QED) is 0.931. The highest BCUT2D eigenvalue weighted by Gasteiger charge is 2.25. The minimum Gasteiger partial charge on any atom is -0.368 e. The number of carbonyl (C=O) groups excluding carboxylic acids is 1. The van der Waals surface area contributed by atoms with Crippen LogP contribution in [-0.2, 0) is 11.2 Å². The van der Waals surface area contributed by atoms with Gasteiger partial charge in [0.1, 0.15) is 0 Å². The van der Waals surface area contributed by atoms with E-state index in [1.807, 2.05) is 4.90 Å². The maximum absolute atomic E-state index is 12.4. The van der Waals surface area contributed by atoms with Crippen LogP contribution in [0.3, 0.4) is 0 Å². The standard InChI is InChI=1S/C18H27N3O/c1-14-6-7-15-4-2-3-5-17(15)21(14)13-10-18(22)20-11-8-16(19)9-12-20/h2-5,14,16H,6-13,19H2,1H3. The number of benzene rings is 1. The molecule has 0 aromatic heterocycles. The Bertz CT molecular complexity index is 523. The summed E-state index contributed by atoms with van der Waals surface area (Å²) in [4.78, 5) is 16.8. The molecule has 120 valence electrons. The molecule has 2 aliphatic heterocycles. The summed E-state index contributed by atoms with van der Waals surface area (Å²) in [5, 5.41) is 0. The molecule has 4 heteroatoms. The topological polar surface area (TPSA) is 49.6 Å². The Kier molecular flexibility index (Phi) is 4.67. The lowest BCUT2D eigenvalue weighted by Gasteiger charge is -2.38. The molecule has 0 saturated carbocycles. The van der Waals surface area contributed by atoms with Crippen molar-refractivity contribution in [1.82, 2.24) is 4.90 Å². The first-order valence-corrected chi connectivity index (χ1v) is 8.53. The summed E-state index contributed by atoms with van der Waals surface area (Å²) in [5.41, 5.74) is 8.64. The molecule has 1 saturated heterocycles. The number of fused-ring (bicyclic) bond motifs is 1. The molecule has 1 fully saturated rings. The average Bonchev–Trinajstić information content (AvgIpc) is 2.54. The molecule has 0 bridgehead atoms. The Balaban J connectivity index is 1.60. The lowest BCUT2D eigenvalue weighted by Crippen LogP contribution is -2.45. The number of aryl methyl sites for hydroxylation is 1. The van der Waals surface area contributed by atoms with Gasteiger partial charge in [0.15, 0.2) is 0 Å². The Hall–Kier alpha value is -1.55. The van der Waals surface area contributed by atoms with Crippen molar-refractivity contribution in [3.63, 3.8) is 0 Å². The smallest absolute Gasteiger partial charge is 0.224 e. The Morgan fingerprint density at radius 3 is 2.73 bits per heavy atom. The number of nitrogens with two attached hydrogens (primary N) is 1. The van der Waals surface area contributed by atoms with Crippen molar-refractivity contribution < 1.29 is 4.79 Å². The fraction of sp³-hybridized carbons (Fsp3) is 0.611. The summed E-state index contributed by atoms with van der Waals surface area (Å²) in [7, 11) is 0. The van der Waals surface area contributed by atoms with Gasteiger partial charge in [0.2, 0.25) is 5.91 Å². The normalized spacial score (nSPS) is 22.5. The third kappa shape index (κ3) is 3.27. The molecular weight excluding hydrogens is 274 g/mol. The molecule has 2 heterocycles. The van der Waals surface area contributed by atoms with Crippen LogP contribution in [0.4, 0.5) is 5.69 Å². The van der Waals surface area contributed by atoms with Crippen molar-refractivity contribution in [2.24, 2.45) is 5.73 Å². The average molecular weight is 301 g/mol. The highest BCUT2D eigenvalue weighted by molar-refractivity contribution is 5.77. The molecule has 4 nitrogen and oxygen atoms in total. The number of piperidine rings is 1. The molecule has 1 aromatic carbocycles. The van der Waals surface area contributed by atoms with Gasteiger partial charge in [0.05, 0.1) is 0 Å². The third-order valence-electron chi connectivity index (χ3n) is 5.12. The van der Waals surface area contributed by atoms with Crippen LogP contribution in [0, 0.1) is 0 Å². The first kappa shape index (κ1) is 15.3. The number of hydrogen-bond donors (Lipinski definition) is 1.